The average molecular weight is 525 g/mol. The van der Waals surface area contributed by atoms with E-state index < -0.39 is 0 Å². The number of carbonyl (C=O) groups excluding carboxylic acids is 1. The number of hydrogen-bond acceptors (Lipinski definition) is 5. The number of hydrogen-bond donors (Lipinski definition) is 0. The number of fused-ring (bicyclic) bond motifs is 1. The number of para-hydroxylation sites is 1. The zero-order chi connectivity index (χ0) is 24.5. The number of carbonyl (C=O) groups is 1. The van der Waals surface area contributed by atoms with Gasteiger partial charge in [0.1, 0.15) is 5.75 Å². The average Bonchev–Trinajstić information content (AvgIpc) is 3.42. The summed E-state index contributed by atoms with van der Waals surface area (Å²) in [4.78, 5) is 15.2. The number of benzene rings is 3. The van der Waals surface area contributed by atoms with Crippen LogP contribution >= 0.6 is 35.0 Å². The third-order valence-corrected chi connectivity index (χ3v) is 7.28. The van der Waals surface area contributed by atoms with Crippen molar-refractivity contribution in [3.8, 4) is 22.8 Å². The molecule has 1 amide bonds. The summed E-state index contributed by atoms with van der Waals surface area (Å²) in [5, 5.41) is 10.6. The van der Waals surface area contributed by atoms with Crippen molar-refractivity contribution >= 4 is 46.6 Å². The number of nitrogens with zero attached hydrogens (tertiary/aromatic N) is 4. The van der Waals surface area contributed by atoms with Gasteiger partial charge in [-0.2, -0.15) is 0 Å². The highest BCUT2D eigenvalue weighted by atomic mass is 35.5. The Hall–Kier alpha value is -3.00. The normalized spacial score (nSPS) is 14.7. The van der Waals surface area contributed by atoms with Crippen molar-refractivity contribution in [3.05, 3.63) is 82.3 Å². The zero-order valence-electron chi connectivity index (χ0n) is 19.1. The summed E-state index contributed by atoms with van der Waals surface area (Å²) in [7, 11) is 1.60. The Labute approximate surface area is 217 Å². The van der Waals surface area contributed by atoms with Crippen LogP contribution in [0.15, 0.2) is 71.9 Å². The molecule has 0 bridgehead atoms. The number of anilines is 1. The van der Waals surface area contributed by atoms with E-state index in [1.54, 1.807) is 31.4 Å². The standard InChI is InChI=1S/C26H22Cl2N4O2S/c1-16-12-17-6-3-4-9-21(17)31(16)24(33)15-35-26-30-29-25(18-7-5-8-19(27)13-18)32(26)22-14-20(28)10-11-23(22)34-2/h3-11,13-14,16H,12,15H2,1-2H3. The van der Waals surface area contributed by atoms with E-state index in [0.717, 1.165) is 17.7 Å². The molecule has 178 valence electrons. The van der Waals surface area contributed by atoms with Gasteiger partial charge in [-0.3, -0.25) is 9.36 Å². The van der Waals surface area contributed by atoms with Gasteiger partial charge < -0.3 is 9.64 Å². The van der Waals surface area contributed by atoms with Crippen molar-refractivity contribution in [2.45, 2.75) is 24.5 Å². The molecular weight excluding hydrogens is 503 g/mol. The van der Waals surface area contributed by atoms with E-state index in [9.17, 15) is 4.79 Å². The fourth-order valence-electron chi connectivity index (χ4n) is 4.37. The fourth-order valence-corrected chi connectivity index (χ4v) is 5.54. The molecule has 0 radical (unpaired) electrons. The predicted octanol–water partition coefficient (Wildman–Crippen LogP) is 6.32. The lowest BCUT2D eigenvalue weighted by atomic mass is 10.1. The van der Waals surface area contributed by atoms with Crippen LogP contribution in [0.2, 0.25) is 10.0 Å². The maximum atomic E-state index is 13.3. The van der Waals surface area contributed by atoms with Crippen LogP contribution in [0.25, 0.3) is 17.1 Å². The Balaban J connectivity index is 1.52. The zero-order valence-corrected chi connectivity index (χ0v) is 21.4. The Kier molecular flexibility index (Phi) is 6.73. The van der Waals surface area contributed by atoms with Gasteiger partial charge in [0.25, 0.3) is 0 Å². The smallest absolute Gasteiger partial charge is 0.237 e. The maximum Gasteiger partial charge on any atom is 0.237 e. The highest BCUT2D eigenvalue weighted by Crippen LogP contribution is 2.36. The summed E-state index contributed by atoms with van der Waals surface area (Å²) in [5.74, 6) is 1.40. The first kappa shape index (κ1) is 23.7. The van der Waals surface area contributed by atoms with E-state index in [4.69, 9.17) is 27.9 Å². The topological polar surface area (TPSA) is 60.2 Å². The molecule has 0 N–H and O–H groups in total. The van der Waals surface area contributed by atoms with E-state index in [1.165, 1.54) is 17.3 Å². The molecule has 0 saturated carbocycles. The summed E-state index contributed by atoms with van der Waals surface area (Å²) >= 11 is 13.9. The minimum absolute atomic E-state index is 0.0179. The van der Waals surface area contributed by atoms with Crippen molar-refractivity contribution in [1.29, 1.82) is 0 Å². The molecule has 1 aromatic heterocycles. The number of halogens is 2. The SMILES string of the molecule is COc1ccc(Cl)cc1-n1c(SCC(=O)N2c3ccccc3CC2C)nnc1-c1cccc(Cl)c1. The highest BCUT2D eigenvalue weighted by molar-refractivity contribution is 7.99. The molecule has 1 aliphatic heterocycles. The molecule has 0 aliphatic carbocycles. The molecule has 6 nitrogen and oxygen atoms in total. The number of aromatic nitrogens is 3. The van der Waals surface area contributed by atoms with Crippen LogP contribution in [-0.2, 0) is 11.2 Å². The molecule has 0 fully saturated rings. The summed E-state index contributed by atoms with van der Waals surface area (Å²) < 4.78 is 7.47. The van der Waals surface area contributed by atoms with Gasteiger partial charge in [0.05, 0.1) is 18.6 Å². The second-order valence-corrected chi connectivity index (χ2v) is 10.0. The van der Waals surface area contributed by atoms with E-state index in [1.807, 2.05) is 45.9 Å². The molecule has 0 spiro atoms. The van der Waals surface area contributed by atoms with Gasteiger partial charge in [-0.25, -0.2) is 0 Å². The third kappa shape index (κ3) is 4.63. The Morgan fingerprint density at radius 3 is 2.63 bits per heavy atom. The molecule has 35 heavy (non-hydrogen) atoms. The molecule has 1 atom stereocenters. The van der Waals surface area contributed by atoms with E-state index >= 15 is 0 Å². The quantitative estimate of drug-likeness (QED) is 0.276. The number of methoxy groups -OCH3 is 1. The van der Waals surface area contributed by atoms with Crippen LogP contribution in [0, 0.1) is 0 Å². The van der Waals surface area contributed by atoms with Crippen LogP contribution in [0.3, 0.4) is 0 Å². The molecule has 4 aromatic rings. The lowest BCUT2D eigenvalue weighted by molar-refractivity contribution is -0.116. The summed E-state index contributed by atoms with van der Waals surface area (Å²) in [5.41, 5.74) is 3.62. The van der Waals surface area contributed by atoms with Crippen LogP contribution in [0.1, 0.15) is 12.5 Å². The van der Waals surface area contributed by atoms with Gasteiger partial charge in [0.15, 0.2) is 11.0 Å². The Morgan fingerprint density at radius 1 is 1.03 bits per heavy atom. The first-order chi connectivity index (χ1) is 17.0. The summed E-state index contributed by atoms with van der Waals surface area (Å²) in [6, 6.07) is 20.9. The van der Waals surface area contributed by atoms with E-state index in [2.05, 4.69) is 23.2 Å². The number of amides is 1. The monoisotopic (exact) mass is 524 g/mol. The highest BCUT2D eigenvalue weighted by Gasteiger charge is 2.31. The minimum atomic E-state index is 0.0179. The molecule has 0 saturated heterocycles. The first-order valence-corrected chi connectivity index (χ1v) is 12.8. The van der Waals surface area contributed by atoms with Crippen molar-refractivity contribution < 1.29 is 9.53 Å². The van der Waals surface area contributed by atoms with Gasteiger partial charge in [-0.15, -0.1) is 10.2 Å². The number of ether oxygens (including phenoxy) is 1. The second kappa shape index (κ2) is 9.93. The Bertz CT molecular complexity index is 1410. The van der Waals surface area contributed by atoms with Crippen LogP contribution in [0.5, 0.6) is 5.75 Å². The second-order valence-electron chi connectivity index (χ2n) is 8.20. The molecular formula is C26H22Cl2N4O2S. The van der Waals surface area contributed by atoms with Crippen molar-refractivity contribution in [1.82, 2.24) is 14.8 Å². The lowest BCUT2D eigenvalue weighted by Gasteiger charge is -2.22. The van der Waals surface area contributed by atoms with Crippen molar-refractivity contribution in [2.75, 3.05) is 17.8 Å². The van der Waals surface area contributed by atoms with Gasteiger partial charge in [0.2, 0.25) is 5.91 Å². The van der Waals surface area contributed by atoms with Crippen LogP contribution in [0.4, 0.5) is 5.69 Å². The fraction of sp³-hybridized carbons (Fsp3) is 0.192. The van der Waals surface area contributed by atoms with Gasteiger partial charge in [-0.05, 0) is 55.3 Å². The van der Waals surface area contributed by atoms with Gasteiger partial charge >= 0.3 is 0 Å². The molecule has 3 aromatic carbocycles. The van der Waals surface area contributed by atoms with E-state index in [-0.39, 0.29) is 17.7 Å². The lowest BCUT2D eigenvalue weighted by Crippen LogP contribution is -2.37. The predicted molar refractivity (Wildman–Crippen MR) is 141 cm³/mol. The molecule has 2 heterocycles. The molecule has 9 heteroatoms. The number of thioether (sulfide) groups is 1. The first-order valence-electron chi connectivity index (χ1n) is 11.0. The summed E-state index contributed by atoms with van der Waals surface area (Å²) in [6.07, 6.45) is 0.849. The number of rotatable bonds is 6. The van der Waals surface area contributed by atoms with Gasteiger partial charge in [0, 0.05) is 27.3 Å². The van der Waals surface area contributed by atoms with Gasteiger partial charge in [-0.1, -0.05) is 65.3 Å². The summed E-state index contributed by atoms with van der Waals surface area (Å²) in [6.45, 7) is 2.07. The third-order valence-electron chi connectivity index (χ3n) is 5.90. The van der Waals surface area contributed by atoms with Crippen LogP contribution in [-0.4, -0.2) is 39.6 Å². The van der Waals surface area contributed by atoms with Crippen LogP contribution < -0.4 is 9.64 Å². The Morgan fingerprint density at radius 2 is 1.83 bits per heavy atom. The van der Waals surface area contributed by atoms with Crippen molar-refractivity contribution in [2.24, 2.45) is 0 Å². The van der Waals surface area contributed by atoms with E-state index in [0.29, 0.717) is 32.5 Å². The molecule has 1 aliphatic rings. The molecule has 1 unspecified atom stereocenters. The molecule has 5 rings (SSSR count). The largest absolute Gasteiger partial charge is 0.495 e. The minimum Gasteiger partial charge on any atom is -0.495 e. The maximum absolute atomic E-state index is 13.3. The van der Waals surface area contributed by atoms with Crippen molar-refractivity contribution in [3.63, 3.8) is 0 Å².